The molecule has 23 heavy (non-hydrogen) atoms. The molecule has 0 saturated carbocycles. The predicted octanol–water partition coefficient (Wildman–Crippen LogP) is 2.44. The lowest BCUT2D eigenvalue weighted by atomic mass is 9.79. The molecule has 0 saturated heterocycles. The number of halogens is 1. The lowest BCUT2D eigenvalue weighted by molar-refractivity contribution is 0.0416. The molecule has 2 atom stereocenters. The molecule has 0 aliphatic carbocycles. The Bertz CT molecular complexity index is 706. The van der Waals surface area contributed by atoms with Gasteiger partial charge in [0.1, 0.15) is 18.0 Å². The molecule has 2 aromatic carbocycles. The third kappa shape index (κ3) is 2.83. The van der Waals surface area contributed by atoms with Gasteiger partial charge in [0.25, 0.3) is 0 Å². The number of hydrogen-bond acceptors (Lipinski definition) is 4. The lowest BCUT2D eigenvalue weighted by Crippen LogP contribution is -2.48. The molecule has 3 N–H and O–H groups in total. The summed E-state index contributed by atoms with van der Waals surface area (Å²) in [6.45, 7) is 2.67. The largest absolute Gasteiger partial charge is 0.488 e. The summed E-state index contributed by atoms with van der Waals surface area (Å²) in [5, 5.41) is 24.5. The molecule has 0 amide bonds. The third-order valence-corrected chi connectivity index (χ3v) is 4.59. The Morgan fingerprint density at radius 1 is 1.26 bits per heavy atom. The van der Waals surface area contributed by atoms with Crippen molar-refractivity contribution in [2.45, 2.75) is 25.2 Å². The average molecular weight is 334 g/mol. The van der Waals surface area contributed by atoms with Gasteiger partial charge in [-0.15, -0.1) is 0 Å². The van der Waals surface area contributed by atoms with Crippen LogP contribution < -0.4 is 10.1 Å². The maximum absolute atomic E-state index is 11.7. The highest BCUT2D eigenvalue weighted by Gasteiger charge is 2.42. The van der Waals surface area contributed by atoms with Gasteiger partial charge in [0.2, 0.25) is 0 Å². The van der Waals surface area contributed by atoms with Crippen LogP contribution in [0.25, 0.3) is 0 Å². The van der Waals surface area contributed by atoms with Gasteiger partial charge < -0.3 is 20.3 Å². The molecule has 4 nitrogen and oxygen atoms in total. The molecule has 0 aromatic heterocycles. The first kappa shape index (κ1) is 16.3. The minimum absolute atomic E-state index is 0.000962. The standard InChI is InChI=1S/C18H20ClNO3/c1-12(20-8-9-21)18(22)15-5-3-2-4-13(15)11-23-17-7-6-14(19)10-16(17)18/h2-7,10,12,20-22H,8-9,11H2,1H3. The van der Waals surface area contributed by atoms with E-state index in [-0.39, 0.29) is 12.6 Å². The van der Waals surface area contributed by atoms with Gasteiger partial charge in [-0.05, 0) is 36.2 Å². The molecule has 3 rings (SSSR count). The predicted molar refractivity (Wildman–Crippen MR) is 89.8 cm³/mol. The number of benzene rings is 2. The molecule has 1 aliphatic heterocycles. The van der Waals surface area contributed by atoms with E-state index in [2.05, 4.69) is 5.32 Å². The van der Waals surface area contributed by atoms with Gasteiger partial charge in [-0.2, -0.15) is 0 Å². The van der Waals surface area contributed by atoms with Gasteiger partial charge in [-0.3, -0.25) is 0 Å². The van der Waals surface area contributed by atoms with Crippen molar-refractivity contribution < 1.29 is 14.9 Å². The van der Waals surface area contributed by atoms with E-state index in [0.717, 1.165) is 11.1 Å². The summed E-state index contributed by atoms with van der Waals surface area (Å²) < 4.78 is 5.88. The molecule has 2 unspecified atom stereocenters. The fourth-order valence-corrected chi connectivity index (χ4v) is 3.31. The quantitative estimate of drug-likeness (QED) is 0.804. The van der Waals surface area contributed by atoms with Crippen molar-refractivity contribution in [3.8, 4) is 5.75 Å². The van der Waals surface area contributed by atoms with Crippen molar-refractivity contribution in [1.29, 1.82) is 0 Å². The van der Waals surface area contributed by atoms with Gasteiger partial charge in [-0.1, -0.05) is 35.9 Å². The van der Waals surface area contributed by atoms with E-state index in [1.165, 1.54) is 0 Å². The maximum atomic E-state index is 11.7. The van der Waals surface area contributed by atoms with Crippen LogP contribution in [0.4, 0.5) is 0 Å². The van der Waals surface area contributed by atoms with Crippen LogP contribution in [0.1, 0.15) is 23.6 Å². The van der Waals surface area contributed by atoms with Crippen LogP contribution in [0.5, 0.6) is 5.75 Å². The second-order valence-electron chi connectivity index (χ2n) is 5.75. The number of aliphatic hydroxyl groups excluding tert-OH is 1. The van der Waals surface area contributed by atoms with Crippen molar-refractivity contribution in [2.24, 2.45) is 0 Å². The molecular formula is C18H20ClNO3. The molecule has 0 fully saturated rings. The van der Waals surface area contributed by atoms with Gasteiger partial charge in [-0.25, -0.2) is 0 Å². The van der Waals surface area contributed by atoms with Gasteiger partial charge in [0.15, 0.2) is 0 Å². The van der Waals surface area contributed by atoms with E-state index in [0.29, 0.717) is 29.5 Å². The normalized spacial score (nSPS) is 20.9. The van der Waals surface area contributed by atoms with Gasteiger partial charge >= 0.3 is 0 Å². The van der Waals surface area contributed by atoms with E-state index in [1.807, 2.05) is 31.2 Å². The van der Waals surface area contributed by atoms with E-state index in [1.54, 1.807) is 18.2 Å². The number of ether oxygens (including phenoxy) is 1. The summed E-state index contributed by atoms with van der Waals surface area (Å²) in [6, 6.07) is 12.6. The van der Waals surface area contributed by atoms with Crippen LogP contribution >= 0.6 is 11.6 Å². The molecule has 122 valence electrons. The van der Waals surface area contributed by atoms with Crippen LogP contribution in [-0.4, -0.2) is 29.4 Å². The molecule has 0 spiro atoms. The summed E-state index contributed by atoms with van der Waals surface area (Å²) in [5.74, 6) is 0.616. The number of fused-ring (bicyclic) bond motifs is 2. The van der Waals surface area contributed by atoms with Crippen molar-refractivity contribution >= 4 is 11.6 Å². The minimum atomic E-state index is -1.30. The number of hydrogen-bond donors (Lipinski definition) is 3. The summed E-state index contributed by atoms with van der Waals surface area (Å²) in [6.07, 6.45) is 0. The Morgan fingerprint density at radius 2 is 2.04 bits per heavy atom. The van der Waals surface area contributed by atoms with Crippen LogP contribution in [-0.2, 0) is 12.2 Å². The summed E-state index contributed by atoms with van der Waals surface area (Å²) in [7, 11) is 0. The topological polar surface area (TPSA) is 61.7 Å². The molecule has 1 heterocycles. The molecule has 1 aliphatic rings. The Labute approximate surface area is 140 Å². The summed E-state index contributed by atoms with van der Waals surface area (Å²) in [5.41, 5.74) is 1.05. The molecular weight excluding hydrogens is 314 g/mol. The highest BCUT2D eigenvalue weighted by Crippen LogP contribution is 2.43. The smallest absolute Gasteiger partial charge is 0.134 e. The summed E-state index contributed by atoms with van der Waals surface area (Å²) in [4.78, 5) is 0. The van der Waals surface area contributed by atoms with Crippen molar-refractivity contribution in [2.75, 3.05) is 13.2 Å². The van der Waals surface area contributed by atoms with E-state index >= 15 is 0 Å². The molecule has 0 radical (unpaired) electrons. The summed E-state index contributed by atoms with van der Waals surface area (Å²) >= 11 is 6.17. The minimum Gasteiger partial charge on any atom is -0.488 e. The lowest BCUT2D eigenvalue weighted by Gasteiger charge is -2.36. The van der Waals surface area contributed by atoms with Gasteiger partial charge in [0.05, 0.1) is 6.61 Å². The monoisotopic (exact) mass is 333 g/mol. The first-order valence-corrected chi connectivity index (χ1v) is 8.03. The SMILES string of the molecule is CC(NCCO)C1(O)c2ccccc2COc2ccc(Cl)cc21. The van der Waals surface area contributed by atoms with Gasteiger partial charge in [0, 0.05) is 23.2 Å². The maximum Gasteiger partial charge on any atom is 0.134 e. The highest BCUT2D eigenvalue weighted by molar-refractivity contribution is 6.30. The van der Waals surface area contributed by atoms with E-state index in [4.69, 9.17) is 21.4 Å². The fourth-order valence-electron chi connectivity index (χ4n) is 3.14. The second kappa shape index (κ2) is 6.49. The Kier molecular flexibility index (Phi) is 4.60. The second-order valence-corrected chi connectivity index (χ2v) is 6.19. The van der Waals surface area contributed by atoms with E-state index < -0.39 is 5.60 Å². The number of nitrogens with one attached hydrogen (secondary N) is 1. The van der Waals surface area contributed by atoms with Crippen molar-refractivity contribution in [3.05, 3.63) is 64.2 Å². The molecule has 0 bridgehead atoms. The van der Waals surface area contributed by atoms with Crippen LogP contribution in [0.3, 0.4) is 0 Å². The first-order valence-electron chi connectivity index (χ1n) is 7.65. The fraction of sp³-hybridized carbons (Fsp3) is 0.333. The molecule has 5 heteroatoms. The zero-order valence-electron chi connectivity index (χ0n) is 12.9. The van der Waals surface area contributed by atoms with Crippen molar-refractivity contribution in [1.82, 2.24) is 5.32 Å². The van der Waals surface area contributed by atoms with Crippen LogP contribution in [0, 0.1) is 0 Å². The van der Waals surface area contributed by atoms with Crippen LogP contribution in [0.15, 0.2) is 42.5 Å². The average Bonchev–Trinajstić information content (AvgIpc) is 2.69. The zero-order valence-corrected chi connectivity index (χ0v) is 13.7. The van der Waals surface area contributed by atoms with Crippen molar-refractivity contribution in [3.63, 3.8) is 0 Å². The van der Waals surface area contributed by atoms with Crippen LogP contribution in [0.2, 0.25) is 5.02 Å². The Morgan fingerprint density at radius 3 is 2.83 bits per heavy atom. The number of aliphatic hydroxyl groups is 2. The van der Waals surface area contributed by atoms with E-state index in [9.17, 15) is 5.11 Å². The number of rotatable bonds is 4. The Hall–Kier alpha value is -1.59. The zero-order chi connectivity index (χ0) is 16.4. The molecule has 2 aromatic rings. The highest BCUT2D eigenvalue weighted by atomic mass is 35.5. The third-order valence-electron chi connectivity index (χ3n) is 4.35. The Balaban J connectivity index is 2.20. The first-order chi connectivity index (χ1) is 11.1.